The van der Waals surface area contributed by atoms with Crippen molar-refractivity contribution in [3.63, 3.8) is 0 Å². The van der Waals surface area contributed by atoms with Crippen LogP contribution in [0.15, 0.2) is 35.5 Å². The van der Waals surface area contributed by atoms with Gasteiger partial charge in [-0.1, -0.05) is 11.8 Å². The van der Waals surface area contributed by atoms with Gasteiger partial charge in [-0.2, -0.15) is 0 Å². The summed E-state index contributed by atoms with van der Waals surface area (Å²) < 4.78 is 0. The van der Waals surface area contributed by atoms with Crippen molar-refractivity contribution in [3.05, 3.63) is 35.9 Å². The standard InChI is InChI=1S/C17H22N6OS/c1-22-7-9-23(10-8-22)15-11-14(20-17(21-15)25-2)19-13-5-3-12(4-6-13)16(18)24/h3-6,11H,7-10H2,1-2H3,(H2,18,24)(H,19,20,21). The molecule has 1 aromatic heterocycles. The highest BCUT2D eigenvalue weighted by Gasteiger charge is 2.17. The van der Waals surface area contributed by atoms with Gasteiger partial charge in [0.1, 0.15) is 11.6 Å². The second-order valence-corrected chi connectivity index (χ2v) is 6.73. The van der Waals surface area contributed by atoms with E-state index < -0.39 is 5.91 Å². The predicted octanol–water partition coefficient (Wildman–Crippen LogP) is 1.79. The molecule has 0 atom stereocenters. The molecule has 2 aromatic rings. The maximum Gasteiger partial charge on any atom is 0.248 e. The lowest BCUT2D eigenvalue weighted by atomic mass is 10.2. The van der Waals surface area contributed by atoms with Gasteiger partial charge >= 0.3 is 0 Å². The van der Waals surface area contributed by atoms with Crippen LogP contribution >= 0.6 is 11.8 Å². The molecule has 1 aliphatic heterocycles. The summed E-state index contributed by atoms with van der Waals surface area (Å²) in [6.45, 7) is 3.95. The Balaban J connectivity index is 1.80. The topological polar surface area (TPSA) is 87.4 Å². The number of rotatable bonds is 5. The predicted molar refractivity (Wildman–Crippen MR) is 102 cm³/mol. The zero-order chi connectivity index (χ0) is 17.8. The Labute approximate surface area is 151 Å². The Morgan fingerprint density at radius 1 is 1.16 bits per heavy atom. The smallest absolute Gasteiger partial charge is 0.248 e. The third kappa shape index (κ3) is 4.40. The van der Waals surface area contributed by atoms with E-state index in [1.54, 1.807) is 12.1 Å². The van der Waals surface area contributed by atoms with Gasteiger partial charge in [-0.15, -0.1) is 0 Å². The van der Waals surface area contributed by atoms with E-state index in [2.05, 4.69) is 32.1 Å². The highest BCUT2D eigenvalue weighted by molar-refractivity contribution is 7.98. The number of thioether (sulfide) groups is 1. The van der Waals surface area contributed by atoms with Crippen LogP contribution in [-0.2, 0) is 0 Å². The zero-order valence-corrected chi connectivity index (χ0v) is 15.2. The SMILES string of the molecule is CSc1nc(Nc2ccc(C(N)=O)cc2)cc(N2CCN(C)CC2)n1. The summed E-state index contributed by atoms with van der Waals surface area (Å²) in [5.74, 6) is 1.24. The molecular formula is C17H22N6OS. The summed E-state index contributed by atoms with van der Waals surface area (Å²) in [5.41, 5.74) is 6.60. The lowest BCUT2D eigenvalue weighted by Crippen LogP contribution is -2.44. The third-order valence-electron chi connectivity index (χ3n) is 4.14. The van der Waals surface area contributed by atoms with E-state index in [1.807, 2.05) is 24.5 Å². The van der Waals surface area contributed by atoms with Crippen LogP contribution < -0.4 is 16.0 Å². The number of nitrogens with one attached hydrogen (secondary N) is 1. The van der Waals surface area contributed by atoms with E-state index in [1.165, 1.54) is 11.8 Å². The van der Waals surface area contributed by atoms with Crippen LogP contribution in [0.1, 0.15) is 10.4 Å². The third-order valence-corrected chi connectivity index (χ3v) is 4.69. The molecule has 1 amide bonds. The average molecular weight is 358 g/mol. The normalized spacial score (nSPS) is 15.2. The number of hydrogen-bond acceptors (Lipinski definition) is 7. The molecule has 2 heterocycles. The summed E-state index contributed by atoms with van der Waals surface area (Å²) in [6, 6.07) is 8.99. The summed E-state index contributed by atoms with van der Waals surface area (Å²) >= 11 is 1.52. The number of nitrogens with two attached hydrogens (primary N) is 1. The van der Waals surface area contributed by atoms with Crippen molar-refractivity contribution in [1.29, 1.82) is 0 Å². The Hall–Kier alpha value is -2.32. The first kappa shape index (κ1) is 17.5. The number of hydrogen-bond donors (Lipinski definition) is 2. The van der Waals surface area contributed by atoms with Crippen LogP contribution in [-0.4, -0.2) is 60.3 Å². The molecule has 0 aliphatic carbocycles. The van der Waals surface area contributed by atoms with Crippen molar-refractivity contribution >= 4 is 35.0 Å². The summed E-state index contributed by atoms with van der Waals surface area (Å²) in [5, 5.41) is 4.01. The Bertz CT molecular complexity index is 743. The van der Waals surface area contributed by atoms with Crippen LogP contribution in [0.25, 0.3) is 0 Å². The highest BCUT2D eigenvalue weighted by Crippen LogP contribution is 2.24. The molecule has 0 radical (unpaired) electrons. The Morgan fingerprint density at radius 2 is 1.84 bits per heavy atom. The molecule has 0 spiro atoms. The minimum absolute atomic E-state index is 0.435. The van der Waals surface area contributed by atoms with Crippen molar-refractivity contribution in [2.24, 2.45) is 5.73 Å². The first-order valence-electron chi connectivity index (χ1n) is 8.08. The lowest BCUT2D eigenvalue weighted by Gasteiger charge is -2.33. The van der Waals surface area contributed by atoms with Crippen LogP contribution in [0.2, 0.25) is 0 Å². The van der Waals surface area contributed by atoms with Gasteiger partial charge in [0.15, 0.2) is 5.16 Å². The molecule has 3 N–H and O–H groups in total. The average Bonchev–Trinajstić information content (AvgIpc) is 2.62. The molecule has 25 heavy (non-hydrogen) atoms. The first-order chi connectivity index (χ1) is 12.0. The summed E-state index contributed by atoms with van der Waals surface area (Å²) in [6.07, 6.45) is 1.97. The van der Waals surface area contributed by atoms with Gasteiger partial charge in [0.25, 0.3) is 0 Å². The van der Waals surface area contributed by atoms with E-state index in [-0.39, 0.29) is 0 Å². The quantitative estimate of drug-likeness (QED) is 0.622. The van der Waals surface area contributed by atoms with Crippen molar-refractivity contribution in [1.82, 2.24) is 14.9 Å². The molecule has 1 aromatic carbocycles. The van der Waals surface area contributed by atoms with Gasteiger partial charge in [-0.3, -0.25) is 4.79 Å². The minimum atomic E-state index is -0.435. The number of benzene rings is 1. The summed E-state index contributed by atoms with van der Waals surface area (Å²) in [7, 11) is 2.13. The largest absolute Gasteiger partial charge is 0.366 e. The summed E-state index contributed by atoms with van der Waals surface area (Å²) in [4.78, 5) is 24.9. The van der Waals surface area contributed by atoms with Crippen LogP contribution in [0.4, 0.5) is 17.3 Å². The molecule has 0 unspecified atom stereocenters. The number of likely N-dealkylation sites (N-methyl/N-ethyl adjacent to an activating group) is 1. The Morgan fingerprint density at radius 3 is 2.44 bits per heavy atom. The number of primary amides is 1. The van der Waals surface area contributed by atoms with E-state index in [9.17, 15) is 4.79 Å². The van der Waals surface area contributed by atoms with Gasteiger partial charge in [0.05, 0.1) is 0 Å². The van der Waals surface area contributed by atoms with Crippen LogP contribution in [0, 0.1) is 0 Å². The van der Waals surface area contributed by atoms with Gasteiger partial charge in [0.2, 0.25) is 5.91 Å². The molecule has 1 fully saturated rings. The van der Waals surface area contributed by atoms with Crippen LogP contribution in [0.5, 0.6) is 0 Å². The molecule has 132 valence electrons. The second-order valence-electron chi connectivity index (χ2n) is 5.96. The number of amides is 1. The number of carbonyl (C=O) groups is 1. The molecule has 1 saturated heterocycles. The van der Waals surface area contributed by atoms with Gasteiger partial charge in [-0.25, -0.2) is 9.97 Å². The number of aromatic nitrogens is 2. The fourth-order valence-corrected chi connectivity index (χ4v) is 3.01. The zero-order valence-electron chi connectivity index (χ0n) is 14.4. The van der Waals surface area contributed by atoms with Crippen LogP contribution in [0.3, 0.4) is 0 Å². The van der Waals surface area contributed by atoms with Crippen molar-refractivity contribution in [3.8, 4) is 0 Å². The molecule has 1 aliphatic rings. The minimum Gasteiger partial charge on any atom is -0.366 e. The molecule has 3 rings (SSSR count). The first-order valence-corrected chi connectivity index (χ1v) is 9.31. The molecular weight excluding hydrogens is 336 g/mol. The highest BCUT2D eigenvalue weighted by atomic mass is 32.2. The van der Waals surface area contributed by atoms with E-state index in [0.29, 0.717) is 5.56 Å². The monoisotopic (exact) mass is 358 g/mol. The molecule has 0 saturated carbocycles. The molecule has 7 nitrogen and oxygen atoms in total. The van der Waals surface area contributed by atoms with Crippen molar-refractivity contribution < 1.29 is 4.79 Å². The van der Waals surface area contributed by atoms with Crippen molar-refractivity contribution in [2.75, 3.05) is 49.7 Å². The van der Waals surface area contributed by atoms with Gasteiger partial charge < -0.3 is 20.9 Å². The van der Waals surface area contributed by atoms with E-state index in [0.717, 1.165) is 48.7 Å². The molecule has 0 bridgehead atoms. The maximum atomic E-state index is 11.2. The maximum absolute atomic E-state index is 11.2. The van der Waals surface area contributed by atoms with E-state index >= 15 is 0 Å². The van der Waals surface area contributed by atoms with Crippen molar-refractivity contribution in [2.45, 2.75) is 5.16 Å². The second kappa shape index (κ2) is 7.71. The fraction of sp³-hybridized carbons (Fsp3) is 0.353. The number of piperazine rings is 1. The van der Waals surface area contributed by atoms with Gasteiger partial charge in [-0.05, 0) is 37.6 Å². The Kier molecular flexibility index (Phi) is 5.40. The van der Waals surface area contributed by atoms with Gasteiger partial charge in [0, 0.05) is 43.5 Å². The number of anilines is 3. The fourth-order valence-electron chi connectivity index (χ4n) is 2.63. The number of carbonyl (C=O) groups excluding carboxylic acids is 1. The van der Waals surface area contributed by atoms with E-state index in [4.69, 9.17) is 5.73 Å². The molecule has 8 heteroatoms. The lowest BCUT2D eigenvalue weighted by molar-refractivity contribution is 0.100. The number of nitrogens with zero attached hydrogens (tertiary/aromatic N) is 4.